The predicted molar refractivity (Wildman–Crippen MR) is 81.5 cm³/mol. The Bertz CT molecular complexity index is 609. The van der Waals surface area contributed by atoms with Crippen molar-refractivity contribution in [1.29, 1.82) is 0 Å². The van der Waals surface area contributed by atoms with Crippen LogP contribution in [0.4, 0.5) is 5.69 Å². The summed E-state index contributed by atoms with van der Waals surface area (Å²) in [7, 11) is 0. The third-order valence-corrected chi connectivity index (χ3v) is 4.26. The molecule has 1 heterocycles. The Morgan fingerprint density at radius 2 is 1.85 bits per heavy atom. The Morgan fingerprint density at radius 1 is 1.10 bits per heavy atom. The van der Waals surface area contributed by atoms with Crippen molar-refractivity contribution in [3.63, 3.8) is 0 Å². The van der Waals surface area contributed by atoms with E-state index in [0.717, 1.165) is 22.9 Å². The van der Waals surface area contributed by atoms with E-state index in [1.54, 1.807) is 0 Å². The standard InChI is InChI=1S/C16H22N4/c1-11-8-9-15(17)14(10-11)16-19-18-12(2)20(16)13-6-4-3-5-7-13/h8-10,13H,3-7,17H2,1-2H3. The SMILES string of the molecule is Cc1ccc(N)c(-c2nnc(C)n2C2CCCCC2)c1. The molecular formula is C16H22N4. The fraction of sp³-hybridized carbons (Fsp3) is 0.500. The largest absolute Gasteiger partial charge is 0.398 e. The second kappa shape index (κ2) is 5.27. The van der Waals surface area contributed by atoms with Gasteiger partial charge in [-0.15, -0.1) is 10.2 Å². The number of nitrogens with zero attached hydrogens (tertiary/aromatic N) is 3. The van der Waals surface area contributed by atoms with Crippen molar-refractivity contribution in [2.45, 2.75) is 52.0 Å². The molecular weight excluding hydrogens is 248 g/mol. The van der Waals surface area contributed by atoms with Gasteiger partial charge in [-0.1, -0.05) is 30.9 Å². The number of anilines is 1. The lowest BCUT2D eigenvalue weighted by Gasteiger charge is -2.25. The Balaban J connectivity index is 2.08. The molecule has 20 heavy (non-hydrogen) atoms. The molecule has 0 aliphatic heterocycles. The van der Waals surface area contributed by atoms with Crippen molar-refractivity contribution < 1.29 is 0 Å². The quantitative estimate of drug-likeness (QED) is 0.847. The third kappa shape index (κ3) is 2.30. The summed E-state index contributed by atoms with van der Waals surface area (Å²) in [5.74, 6) is 1.92. The van der Waals surface area contributed by atoms with Crippen LogP contribution in [-0.4, -0.2) is 14.8 Å². The zero-order valence-electron chi connectivity index (χ0n) is 12.3. The first kappa shape index (κ1) is 13.2. The fourth-order valence-electron chi connectivity index (χ4n) is 3.19. The summed E-state index contributed by atoms with van der Waals surface area (Å²) in [6.07, 6.45) is 6.38. The van der Waals surface area contributed by atoms with Crippen molar-refractivity contribution in [1.82, 2.24) is 14.8 Å². The summed E-state index contributed by atoms with van der Waals surface area (Å²) >= 11 is 0. The molecule has 1 aromatic carbocycles. The Labute approximate surface area is 120 Å². The first-order valence-corrected chi connectivity index (χ1v) is 7.45. The number of aryl methyl sites for hydroxylation is 2. The zero-order valence-corrected chi connectivity index (χ0v) is 12.3. The van der Waals surface area contributed by atoms with Gasteiger partial charge >= 0.3 is 0 Å². The molecule has 106 valence electrons. The highest BCUT2D eigenvalue weighted by Gasteiger charge is 2.22. The van der Waals surface area contributed by atoms with Crippen molar-refractivity contribution in [3.05, 3.63) is 29.6 Å². The molecule has 4 nitrogen and oxygen atoms in total. The van der Waals surface area contributed by atoms with Gasteiger partial charge in [0.05, 0.1) is 0 Å². The van der Waals surface area contributed by atoms with Crippen LogP contribution in [0.3, 0.4) is 0 Å². The molecule has 0 bridgehead atoms. The second-order valence-corrected chi connectivity index (χ2v) is 5.82. The number of aromatic nitrogens is 3. The van der Waals surface area contributed by atoms with Gasteiger partial charge < -0.3 is 10.3 Å². The smallest absolute Gasteiger partial charge is 0.166 e. The molecule has 0 spiro atoms. The lowest BCUT2D eigenvalue weighted by atomic mass is 9.94. The van der Waals surface area contributed by atoms with Gasteiger partial charge in [-0.05, 0) is 38.8 Å². The van der Waals surface area contributed by atoms with Crippen LogP contribution >= 0.6 is 0 Å². The van der Waals surface area contributed by atoms with Crippen LogP contribution in [-0.2, 0) is 0 Å². The maximum absolute atomic E-state index is 6.15. The summed E-state index contributed by atoms with van der Waals surface area (Å²) in [5, 5.41) is 8.69. The Hall–Kier alpha value is -1.84. The summed E-state index contributed by atoms with van der Waals surface area (Å²) in [6.45, 7) is 4.12. The van der Waals surface area contributed by atoms with E-state index in [1.807, 2.05) is 19.1 Å². The summed E-state index contributed by atoms with van der Waals surface area (Å²) < 4.78 is 2.30. The monoisotopic (exact) mass is 270 g/mol. The van der Waals surface area contributed by atoms with E-state index < -0.39 is 0 Å². The number of benzene rings is 1. The van der Waals surface area contributed by atoms with Gasteiger partial charge in [-0.25, -0.2) is 0 Å². The molecule has 2 N–H and O–H groups in total. The molecule has 3 rings (SSSR count). The van der Waals surface area contributed by atoms with E-state index in [4.69, 9.17) is 5.73 Å². The van der Waals surface area contributed by atoms with E-state index in [1.165, 1.54) is 37.7 Å². The molecule has 0 radical (unpaired) electrons. The third-order valence-electron chi connectivity index (χ3n) is 4.26. The molecule has 1 saturated carbocycles. The van der Waals surface area contributed by atoms with Gasteiger partial charge in [-0.3, -0.25) is 0 Å². The van der Waals surface area contributed by atoms with E-state index >= 15 is 0 Å². The molecule has 4 heteroatoms. The van der Waals surface area contributed by atoms with Crippen LogP contribution < -0.4 is 5.73 Å². The van der Waals surface area contributed by atoms with Gasteiger partial charge in [0.2, 0.25) is 0 Å². The maximum atomic E-state index is 6.15. The van der Waals surface area contributed by atoms with Gasteiger partial charge in [-0.2, -0.15) is 0 Å². The molecule has 0 saturated heterocycles. The number of nitrogen functional groups attached to an aromatic ring is 1. The van der Waals surface area contributed by atoms with E-state index in [2.05, 4.69) is 27.8 Å². The normalized spacial score (nSPS) is 16.5. The highest BCUT2D eigenvalue weighted by molar-refractivity contribution is 5.72. The van der Waals surface area contributed by atoms with Crippen molar-refractivity contribution in [2.75, 3.05) is 5.73 Å². The maximum Gasteiger partial charge on any atom is 0.166 e. The first-order valence-electron chi connectivity index (χ1n) is 7.45. The van der Waals surface area contributed by atoms with Crippen LogP contribution in [0.5, 0.6) is 0 Å². The Morgan fingerprint density at radius 3 is 2.60 bits per heavy atom. The molecule has 1 fully saturated rings. The van der Waals surface area contributed by atoms with Gasteiger partial charge in [0.15, 0.2) is 5.82 Å². The zero-order chi connectivity index (χ0) is 14.1. The minimum Gasteiger partial charge on any atom is -0.398 e. The number of hydrogen-bond acceptors (Lipinski definition) is 3. The minimum absolute atomic E-state index is 0.522. The van der Waals surface area contributed by atoms with Crippen molar-refractivity contribution >= 4 is 5.69 Å². The molecule has 1 aromatic heterocycles. The fourth-order valence-corrected chi connectivity index (χ4v) is 3.19. The summed E-state index contributed by atoms with van der Waals surface area (Å²) in [4.78, 5) is 0. The molecule has 2 aromatic rings. The van der Waals surface area contributed by atoms with Gasteiger partial charge in [0.1, 0.15) is 5.82 Å². The van der Waals surface area contributed by atoms with Gasteiger partial charge in [0.25, 0.3) is 0 Å². The first-order chi connectivity index (χ1) is 9.66. The second-order valence-electron chi connectivity index (χ2n) is 5.82. The number of hydrogen-bond donors (Lipinski definition) is 1. The van der Waals surface area contributed by atoms with E-state index in [-0.39, 0.29) is 0 Å². The van der Waals surface area contributed by atoms with Crippen molar-refractivity contribution in [3.8, 4) is 11.4 Å². The molecule has 1 aliphatic rings. The van der Waals surface area contributed by atoms with Crippen LogP contribution in [0.15, 0.2) is 18.2 Å². The minimum atomic E-state index is 0.522. The average Bonchev–Trinajstić information content (AvgIpc) is 2.84. The molecule has 0 atom stereocenters. The van der Waals surface area contributed by atoms with Crippen LogP contribution in [0.2, 0.25) is 0 Å². The predicted octanol–water partition coefficient (Wildman–Crippen LogP) is 3.65. The van der Waals surface area contributed by atoms with Crippen LogP contribution in [0, 0.1) is 13.8 Å². The van der Waals surface area contributed by atoms with Crippen molar-refractivity contribution in [2.24, 2.45) is 0 Å². The topological polar surface area (TPSA) is 56.7 Å². The van der Waals surface area contributed by atoms with E-state index in [0.29, 0.717) is 6.04 Å². The highest BCUT2D eigenvalue weighted by atomic mass is 15.3. The van der Waals surface area contributed by atoms with Crippen LogP contribution in [0.1, 0.15) is 49.5 Å². The molecule has 0 unspecified atom stereocenters. The summed E-state index contributed by atoms with van der Waals surface area (Å²) in [6, 6.07) is 6.62. The molecule has 0 amide bonds. The molecule has 1 aliphatic carbocycles. The number of nitrogens with two attached hydrogens (primary N) is 1. The lowest BCUT2D eigenvalue weighted by Crippen LogP contribution is -2.15. The Kier molecular flexibility index (Phi) is 3.47. The summed E-state index contributed by atoms with van der Waals surface area (Å²) in [5.41, 5.74) is 9.14. The number of rotatable bonds is 2. The average molecular weight is 270 g/mol. The van der Waals surface area contributed by atoms with E-state index in [9.17, 15) is 0 Å². The lowest BCUT2D eigenvalue weighted by molar-refractivity contribution is 0.350. The van der Waals surface area contributed by atoms with Gasteiger partial charge in [0, 0.05) is 17.3 Å². The van der Waals surface area contributed by atoms with Crippen LogP contribution in [0.25, 0.3) is 11.4 Å². The highest BCUT2D eigenvalue weighted by Crippen LogP contribution is 2.34.